The predicted molar refractivity (Wildman–Crippen MR) is 112 cm³/mol. The van der Waals surface area contributed by atoms with Gasteiger partial charge in [-0.15, -0.1) is 0 Å². The number of benzene rings is 1. The van der Waals surface area contributed by atoms with Crippen LogP contribution in [0.3, 0.4) is 0 Å². The summed E-state index contributed by atoms with van der Waals surface area (Å²) < 4.78 is 0. The van der Waals surface area contributed by atoms with Gasteiger partial charge >= 0.3 is 0 Å². The number of fused-ring (bicyclic) bond motifs is 4. The molecule has 6 nitrogen and oxygen atoms in total. The molecule has 1 aromatic carbocycles. The van der Waals surface area contributed by atoms with Crippen LogP contribution in [0.25, 0.3) is 0 Å². The maximum atomic E-state index is 13.7. The molecule has 1 saturated carbocycles. The molecule has 2 saturated heterocycles. The summed E-state index contributed by atoms with van der Waals surface area (Å²) in [4.78, 5) is 42.1. The number of para-hydroxylation sites is 1. The Morgan fingerprint density at radius 3 is 2.66 bits per heavy atom. The molecule has 0 aromatic heterocycles. The average molecular weight is 414 g/mol. The molecule has 4 aliphatic rings. The summed E-state index contributed by atoms with van der Waals surface area (Å²) in [6, 6.07) is 5.64. The van der Waals surface area contributed by atoms with Gasteiger partial charge < -0.3 is 5.32 Å². The van der Waals surface area contributed by atoms with Gasteiger partial charge in [-0.25, -0.2) is 0 Å². The zero-order valence-electron chi connectivity index (χ0n) is 16.9. The van der Waals surface area contributed by atoms with Gasteiger partial charge in [0.15, 0.2) is 0 Å². The van der Waals surface area contributed by atoms with Gasteiger partial charge in [0.25, 0.3) is 0 Å². The lowest BCUT2D eigenvalue weighted by Gasteiger charge is -2.31. The number of anilines is 1. The van der Waals surface area contributed by atoms with Crippen molar-refractivity contribution >= 4 is 35.2 Å². The first-order valence-corrected chi connectivity index (χ1v) is 11.9. The third-order valence-corrected chi connectivity index (χ3v) is 7.96. The Labute approximate surface area is 175 Å². The van der Waals surface area contributed by atoms with Crippen molar-refractivity contribution in [1.82, 2.24) is 10.2 Å². The number of carbonyl (C=O) groups is 3. The number of hydrogen-bond donors (Lipinski definition) is 2. The SMILES string of the molecule is CSCC[C@@H]1N[C@@]2(C(=O)Nc3c(C)cccc32)[C@@H]2C(=O)N(C3CCCC3)C(=O)[C@H]12. The lowest BCUT2D eigenvalue weighted by atomic mass is 9.76. The Morgan fingerprint density at radius 1 is 1.17 bits per heavy atom. The highest BCUT2D eigenvalue weighted by Crippen LogP contribution is 2.54. The minimum atomic E-state index is -1.14. The molecule has 0 radical (unpaired) electrons. The zero-order chi connectivity index (χ0) is 20.3. The Kier molecular flexibility index (Phi) is 4.51. The number of thioether (sulfide) groups is 1. The number of nitrogens with one attached hydrogen (secondary N) is 2. The van der Waals surface area contributed by atoms with Gasteiger partial charge in [-0.1, -0.05) is 31.0 Å². The minimum absolute atomic E-state index is 0.000273. The molecule has 3 amide bonds. The van der Waals surface area contributed by atoms with Gasteiger partial charge in [-0.05, 0) is 43.8 Å². The van der Waals surface area contributed by atoms with Crippen LogP contribution in [-0.2, 0) is 19.9 Å². The molecule has 1 aromatic rings. The highest BCUT2D eigenvalue weighted by molar-refractivity contribution is 7.98. The van der Waals surface area contributed by atoms with E-state index in [9.17, 15) is 14.4 Å². The van der Waals surface area contributed by atoms with Crippen LogP contribution in [0.5, 0.6) is 0 Å². The molecule has 3 aliphatic heterocycles. The number of hydrogen-bond acceptors (Lipinski definition) is 5. The maximum absolute atomic E-state index is 13.7. The molecule has 4 atom stereocenters. The fourth-order valence-corrected chi connectivity index (χ4v) is 6.50. The Balaban J connectivity index is 1.63. The van der Waals surface area contributed by atoms with E-state index in [2.05, 4.69) is 10.6 Å². The number of aryl methyl sites for hydroxylation is 1. The highest BCUT2D eigenvalue weighted by atomic mass is 32.2. The number of amides is 3. The summed E-state index contributed by atoms with van der Waals surface area (Å²) in [7, 11) is 0. The summed E-state index contributed by atoms with van der Waals surface area (Å²) in [5, 5.41) is 6.53. The molecule has 3 heterocycles. The monoisotopic (exact) mass is 413 g/mol. The third kappa shape index (κ3) is 2.49. The van der Waals surface area contributed by atoms with Gasteiger partial charge in [0.1, 0.15) is 5.54 Å². The first-order chi connectivity index (χ1) is 14.0. The van der Waals surface area contributed by atoms with Crippen LogP contribution < -0.4 is 10.6 Å². The molecule has 29 heavy (non-hydrogen) atoms. The molecule has 7 heteroatoms. The van der Waals surface area contributed by atoms with E-state index in [4.69, 9.17) is 0 Å². The smallest absolute Gasteiger partial charge is 0.250 e. The molecular weight excluding hydrogens is 386 g/mol. The molecule has 0 unspecified atom stereocenters. The van der Waals surface area contributed by atoms with Gasteiger partial charge in [0, 0.05) is 23.3 Å². The van der Waals surface area contributed by atoms with E-state index in [0.29, 0.717) is 0 Å². The van der Waals surface area contributed by atoms with Gasteiger partial charge in [0.05, 0.1) is 11.8 Å². The predicted octanol–water partition coefficient (Wildman–Crippen LogP) is 2.41. The molecule has 3 fully saturated rings. The quantitative estimate of drug-likeness (QED) is 0.741. The number of imide groups is 1. The molecular formula is C22H27N3O3S. The molecule has 0 bridgehead atoms. The maximum Gasteiger partial charge on any atom is 0.250 e. The summed E-state index contributed by atoms with van der Waals surface area (Å²) >= 11 is 1.72. The van der Waals surface area contributed by atoms with E-state index in [1.165, 1.54) is 4.90 Å². The first kappa shape index (κ1) is 19.1. The van der Waals surface area contributed by atoms with Crippen molar-refractivity contribution in [2.45, 2.75) is 56.7 Å². The summed E-state index contributed by atoms with van der Waals surface area (Å²) in [5.41, 5.74) is 1.44. The van der Waals surface area contributed by atoms with Crippen LogP contribution in [-0.4, -0.2) is 46.7 Å². The van der Waals surface area contributed by atoms with Crippen molar-refractivity contribution in [2.24, 2.45) is 11.8 Å². The van der Waals surface area contributed by atoms with Crippen molar-refractivity contribution in [3.05, 3.63) is 29.3 Å². The van der Waals surface area contributed by atoms with Crippen molar-refractivity contribution in [1.29, 1.82) is 0 Å². The molecule has 1 aliphatic carbocycles. The Morgan fingerprint density at radius 2 is 1.93 bits per heavy atom. The lowest BCUT2D eigenvalue weighted by molar-refractivity contribution is -0.145. The second-order valence-corrected chi connectivity index (χ2v) is 9.77. The molecule has 154 valence electrons. The number of rotatable bonds is 4. The number of likely N-dealkylation sites (tertiary alicyclic amines) is 1. The lowest BCUT2D eigenvalue weighted by Crippen LogP contribution is -2.54. The fourth-order valence-electron chi connectivity index (χ4n) is 6.01. The zero-order valence-corrected chi connectivity index (χ0v) is 17.7. The van der Waals surface area contributed by atoms with Crippen molar-refractivity contribution in [2.75, 3.05) is 17.3 Å². The van der Waals surface area contributed by atoms with Crippen LogP contribution in [0.4, 0.5) is 5.69 Å². The number of nitrogens with zero attached hydrogens (tertiary/aromatic N) is 1. The van der Waals surface area contributed by atoms with E-state index in [1.54, 1.807) is 11.8 Å². The second kappa shape index (κ2) is 6.84. The normalized spacial score (nSPS) is 33.7. The van der Waals surface area contributed by atoms with E-state index < -0.39 is 17.4 Å². The highest BCUT2D eigenvalue weighted by Gasteiger charge is 2.70. The van der Waals surface area contributed by atoms with E-state index >= 15 is 0 Å². The van der Waals surface area contributed by atoms with Crippen molar-refractivity contribution in [3.63, 3.8) is 0 Å². The van der Waals surface area contributed by atoms with Gasteiger partial charge in [-0.3, -0.25) is 24.6 Å². The average Bonchev–Trinajstić information content (AvgIpc) is 3.44. The van der Waals surface area contributed by atoms with Crippen LogP contribution in [0, 0.1) is 18.8 Å². The second-order valence-electron chi connectivity index (χ2n) is 8.78. The van der Waals surface area contributed by atoms with Crippen molar-refractivity contribution in [3.8, 4) is 0 Å². The standard InChI is InChI=1S/C22H27N3O3S/c1-12-6-5-9-14-18(12)23-21(28)22(14)17-16(15(24-22)10-11-29-2)19(26)25(20(17)27)13-7-3-4-8-13/h5-6,9,13,15-17,24H,3-4,7-8,10-11H2,1-2H3,(H,23,28)/t15-,16+,17-,22+/m0/s1. The van der Waals surface area contributed by atoms with Crippen LogP contribution in [0.2, 0.25) is 0 Å². The Bertz CT molecular complexity index is 897. The molecule has 2 N–H and O–H groups in total. The van der Waals surface area contributed by atoms with E-state index in [0.717, 1.165) is 54.7 Å². The van der Waals surface area contributed by atoms with Gasteiger partial charge in [0.2, 0.25) is 17.7 Å². The Hall–Kier alpha value is -1.86. The van der Waals surface area contributed by atoms with Gasteiger partial charge in [-0.2, -0.15) is 11.8 Å². The van der Waals surface area contributed by atoms with Crippen LogP contribution >= 0.6 is 11.8 Å². The molecule has 1 spiro atoms. The topological polar surface area (TPSA) is 78.5 Å². The summed E-state index contributed by atoms with van der Waals surface area (Å²) in [6.07, 6.45) is 6.67. The molecule has 5 rings (SSSR count). The first-order valence-electron chi connectivity index (χ1n) is 10.6. The summed E-state index contributed by atoms with van der Waals surface area (Å²) in [6.45, 7) is 1.96. The third-order valence-electron chi connectivity index (χ3n) is 7.32. The van der Waals surface area contributed by atoms with E-state index in [-0.39, 0.29) is 29.8 Å². The van der Waals surface area contributed by atoms with Crippen LogP contribution in [0.1, 0.15) is 43.2 Å². The van der Waals surface area contributed by atoms with E-state index in [1.807, 2.05) is 31.4 Å². The minimum Gasteiger partial charge on any atom is -0.324 e. The largest absolute Gasteiger partial charge is 0.324 e. The number of carbonyl (C=O) groups excluding carboxylic acids is 3. The summed E-state index contributed by atoms with van der Waals surface area (Å²) in [5.74, 6) is -0.674. The van der Waals surface area contributed by atoms with Crippen LogP contribution in [0.15, 0.2) is 18.2 Å². The fraction of sp³-hybridized carbons (Fsp3) is 0.591. The van der Waals surface area contributed by atoms with Crippen molar-refractivity contribution < 1.29 is 14.4 Å².